The number of aromatic amines is 1. The first-order chi connectivity index (χ1) is 7.13. The second kappa shape index (κ2) is 4.68. The molecule has 0 aliphatic heterocycles. The highest BCUT2D eigenvalue weighted by atomic mass is 35.5. The molecule has 0 aliphatic carbocycles. The lowest BCUT2D eigenvalue weighted by Crippen LogP contribution is -2.16. The molecular formula is C12H15ClN2O. The molecule has 0 saturated carbocycles. The second-order valence-electron chi connectivity index (χ2n) is 3.80. The Morgan fingerprint density at radius 2 is 2.00 bits per heavy atom. The molecule has 2 aromatic rings. The van der Waals surface area contributed by atoms with Crippen LogP contribution in [0.2, 0.25) is 0 Å². The summed E-state index contributed by atoms with van der Waals surface area (Å²) in [6, 6.07) is 5.92. The van der Waals surface area contributed by atoms with Crippen molar-refractivity contribution in [3.8, 4) is 0 Å². The highest BCUT2D eigenvalue weighted by Gasteiger charge is 2.04. The molecular weight excluding hydrogens is 224 g/mol. The van der Waals surface area contributed by atoms with E-state index in [0.29, 0.717) is 5.56 Å². The monoisotopic (exact) mass is 238 g/mol. The Bertz CT molecular complexity index is 575. The molecule has 0 saturated heterocycles. The molecule has 0 bridgehead atoms. The Morgan fingerprint density at radius 1 is 1.31 bits per heavy atom. The number of halogens is 1. The van der Waals surface area contributed by atoms with Gasteiger partial charge in [-0.3, -0.25) is 4.79 Å². The van der Waals surface area contributed by atoms with Gasteiger partial charge in [0.05, 0.1) is 5.52 Å². The first-order valence-corrected chi connectivity index (χ1v) is 4.95. The van der Waals surface area contributed by atoms with Crippen molar-refractivity contribution in [2.24, 2.45) is 5.73 Å². The number of rotatable bonds is 1. The van der Waals surface area contributed by atoms with Crippen LogP contribution in [0.15, 0.2) is 23.0 Å². The van der Waals surface area contributed by atoms with Gasteiger partial charge in [0.15, 0.2) is 0 Å². The summed E-state index contributed by atoms with van der Waals surface area (Å²) in [6.45, 7) is 4.32. The minimum atomic E-state index is -0.0845. The number of hydrogen-bond donors (Lipinski definition) is 2. The molecule has 3 nitrogen and oxygen atoms in total. The standard InChI is InChI=1S/C12H14N2O.ClH/c1-7-3-4-9-5-10(6-13)12(15)14-11(9)8(7)2;/h3-5H,6,13H2,1-2H3,(H,14,15);1H. The molecule has 0 radical (unpaired) electrons. The van der Waals surface area contributed by atoms with Gasteiger partial charge in [-0.2, -0.15) is 0 Å². The highest BCUT2D eigenvalue weighted by molar-refractivity contribution is 5.85. The first kappa shape index (κ1) is 12.7. The molecule has 3 N–H and O–H groups in total. The van der Waals surface area contributed by atoms with Crippen LogP contribution in [0.3, 0.4) is 0 Å². The number of benzene rings is 1. The van der Waals surface area contributed by atoms with Crippen molar-refractivity contribution in [1.29, 1.82) is 0 Å². The lowest BCUT2D eigenvalue weighted by molar-refractivity contribution is 1.03. The Morgan fingerprint density at radius 3 is 2.62 bits per heavy atom. The number of nitrogens with one attached hydrogen (secondary N) is 1. The van der Waals surface area contributed by atoms with Gasteiger partial charge in [0, 0.05) is 12.1 Å². The summed E-state index contributed by atoms with van der Waals surface area (Å²) in [5, 5.41) is 1.04. The van der Waals surface area contributed by atoms with Crippen molar-refractivity contribution < 1.29 is 0 Å². The number of nitrogens with two attached hydrogens (primary N) is 1. The molecule has 4 heteroatoms. The van der Waals surface area contributed by atoms with Crippen LogP contribution < -0.4 is 11.3 Å². The number of pyridine rings is 1. The summed E-state index contributed by atoms with van der Waals surface area (Å²) in [4.78, 5) is 14.5. The predicted molar refractivity (Wildman–Crippen MR) is 69.2 cm³/mol. The quantitative estimate of drug-likeness (QED) is 0.799. The third-order valence-corrected chi connectivity index (χ3v) is 2.85. The van der Waals surface area contributed by atoms with Gasteiger partial charge in [0.2, 0.25) is 0 Å². The van der Waals surface area contributed by atoms with Crippen LogP contribution in [-0.4, -0.2) is 4.98 Å². The van der Waals surface area contributed by atoms with Crippen LogP contribution in [0.1, 0.15) is 16.7 Å². The minimum Gasteiger partial charge on any atom is -0.326 e. The van der Waals surface area contributed by atoms with Crippen molar-refractivity contribution in [1.82, 2.24) is 4.98 Å². The lowest BCUT2D eigenvalue weighted by atomic mass is 10.0. The molecule has 0 atom stereocenters. The molecule has 0 fully saturated rings. The Labute approximate surface area is 100 Å². The summed E-state index contributed by atoms with van der Waals surface area (Å²) in [5.41, 5.74) is 9.25. The Hall–Kier alpha value is -1.32. The number of aryl methyl sites for hydroxylation is 2. The highest BCUT2D eigenvalue weighted by Crippen LogP contribution is 2.18. The van der Waals surface area contributed by atoms with E-state index < -0.39 is 0 Å². The molecule has 86 valence electrons. The summed E-state index contributed by atoms with van der Waals surface area (Å²) < 4.78 is 0. The van der Waals surface area contributed by atoms with E-state index in [2.05, 4.69) is 11.1 Å². The fourth-order valence-electron chi connectivity index (χ4n) is 1.72. The van der Waals surface area contributed by atoms with E-state index in [-0.39, 0.29) is 24.5 Å². The fraction of sp³-hybridized carbons (Fsp3) is 0.250. The second-order valence-corrected chi connectivity index (χ2v) is 3.80. The topological polar surface area (TPSA) is 58.9 Å². The smallest absolute Gasteiger partial charge is 0.252 e. The van der Waals surface area contributed by atoms with Crippen molar-refractivity contribution in [3.63, 3.8) is 0 Å². The maximum Gasteiger partial charge on any atom is 0.252 e. The average molecular weight is 239 g/mol. The zero-order valence-electron chi connectivity index (χ0n) is 9.33. The van der Waals surface area contributed by atoms with Gasteiger partial charge in [-0.1, -0.05) is 12.1 Å². The van der Waals surface area contributed by atoms with E-state index in [0.717, 1.165) is 16.5 Å². The molecule has 2 rings (SSSR count). The molecule has 1 heterocycles. The van der Waals surface area contributed by atoms with E-state index in [1.54, 1.807) is 0 Å². The predicted octanol–water partition coefficient (Wildman–Crippen LogP) is 2.03. The molecule has 0 unspecified atom stereocenters. The van der Waals surface area contributed by atoms with Crippen molar-refractivity contribution >= 4 is 23.3 Å². The van der Waals surface area contributed by atoms with E-state index in [9.17, 15) is 4.79 Å². The van der Waals surface area contributed by atoms with Gasteiger partial charge in [0.1, 0.15) is 0 Å². The largest absolute Gasteiger partial charge is 0.326 e. The maximum absolute atomic E-state index is 11.6. The zero-order chi connectivity index (χ0) is 11.0. The molecule has 16 heavy (non-hydrogen) atoms. The molecule has 1 aromatic heterocycles. The van der Waals surface area contributed by atoms with Crippen LogP contribution >= 0.6 is 12.4 Å². The molecule has 0 spiro atoms. The third-order valence-electron chi connectivity index (χ3n) is 2.85. The maximum atomic E-state index is 11.6. The van der Waals surface area contributed by atoms with Crippen LogP contribution in [0.25, 0.3) is 10.9 Å². The van der Waals surface area contributed by atoms with Gasteiger partial charge in [-0.25, -0.2) is 0 Å². The van der Waals surface area contributed by atoms with Gasteiger partial charge in [-0.05, 0) is 36.4 Å². The van der Waals surface area contributed by atoms with E-state index in [1.165, 1.54) is 5.56 Å². The fourth-order valence-corrected chi connectivity index (χ4v) is 1.72. The summed E-state index contributed by atoms with van der Waals surface area (Å²) in [7, 11) is 0. The van der Waals surface area contributed by atoms with E-state index in [1.807, 2.05) is 26.0 Å². The summed E-state index contributed by atoms with van der Waals surface area (Å²) in [5.74, 6) is 0. The number of H-pyrrole nitrogens is 1. The van der Waals surface area contributed by atoms with Crippen LogP contribution in [0, 0.1) is 13.8 Å². The van der Waals surface area contributed by atoms with Crippen molar-refractivity contribution in [2.75, 3.05) is 0 Å². The van der Waals surface area contributed by atoms with Crippen LogP contribution in [0.4, 0.5) is 0 Å². The zero-order valence-corrected chi connectivity index (χ0v) is 10.1. The van der Waals surface area contributed by atoms with Gasteiger partial charge in [-0.15, -0.1) is 12.4 Å². The number of fused-ring (bicyclic) bond motifs is 1. The molecule has 0 amide bonds. The van der Waals surface area contributed by atoms with Gasteiger partial charge in [0.25, 0.3) is 5.56 Å². The van der Waals surface area contributed by atoms with Crippen molar-refractivity contribution in [3.05, 3.63) is 45.2 Å². The minimum absolute atomic E-state index is 0. The first-order valence-electron chi connectivity index (χ1n) is 4.95. The average Bonchev–Trinajstić information content (AvgIpc) is 2.24. The van der Waals surface area contributed by atoms with Crippen molar-refractivity contribution in [2.45, 2.75) is 20.4 Å². The SMILES string of the molecule is Cc1ccc2cc(CN)c(=O)[nH]c2c1C.Cl. The van der Waals surface area contributed by atoms with E-state index in [4.69, 9.17) is 5.73 Å². The number of hydrogen-bond acceptors (Lipinski definition) is 2. The van der Waals surface area contributed by atoms with Gasteiger partial charge < -0.3 is 10.7 Å². The van der Waals surface area contributed by atoms with Crippen LogP contribution in [0.5, 0.6) is 0 Å². The Balaban J connectivity index is 0.00000128. The van der Waals surface area contributed by atoms with Gasteiger partial charge >= 0.3 is 0 Å². The van der Waals surface area contributed by atoms with E-state index >= 15 is 0 Å². The summed E-state index contributed by atoms with van der Waals surface area (Å²) in [6.07, 6.45) is 0. The normalized spacial score (nSPS) is 10.2. The molecule has 1 aromatic carbocycles. The van der Waals surface area contributed by atoms with Crippen LogP contribution in [-0.2, 0) is 6.54 Å². The molecule has 0 aliphatic rings. The Kier molecular flexibility index (Phi) is 3.73. The lowest BCUT2D eigenvalue weighted by Gasteiger charge is -2.06. The summed E-state index contributed by atoms with van der Waals surface area (Å²) >= 11 is 0. The third kappa shape index (κ3) is 1.96. The number of aromatic nitrogens is 1.